The van der Waals surface area contributed by atoms with E-state index in [4.69, 9.17) is 0 Å². The van der Waals surface area contributed by atoms with Crippen LogP contribution >= 0.6 is 0 Å². The molecule has 0 saturated carbocycles. The number of imidazole rings is 1. The molecule has 0 amide bonds. The minimum Gasteiger partial charge on any atom is -0.465 e. The summed E-state index contributed by atoms with van der Waals surface area (Å²) < 4.78 is 4.63. The minimum atomic E-state index is -0.340. The number of fused-ring (bicyclic) bond motifs is 1. The maximum atomic E-state index is 11.2. The fourth-order valence-electron chi connectivity index (χ4n) is 1.72. The Morgan fingerprint density at radius 3 is 3.00 bits per heavy atom. The smallest absolute Gasteiger partial charge is 0.364 e. The van der Waals surface area contributed by atoms with Crippen molar-refractivity contribution in [2.24, 2.45) is 0 Å². The third-order valence-corrected chi connectivity index (χ3v) is 2.70. The summed E-state index contributed by atoms with van der Waals surface area (Å²) in [5, 5.41) is 0. The highest BCUT2D eigenvalue weighted by Crippen LogP contribution is 2.11. The van der Waals surface area contributed by atoms with Gasteiger partial charge in [-0.05, 0) is 12.1 Å². The number of benzene rings is 1. The normalized spacial score (nSPS) is 12.6. The van der Waals surface area contributed by atoms with Crippen molar-refractivity contribution in [3.05, 3.63) is 30.1 Å². The molecule has 5 heteroatoms. The van der Waals surface area contributed by atoms with Crippen LogP contribution in [0.5, 0.6) is 0 Å². The number of aromatic nitrogens is 2. The van der Waals surface area contributed by atoms with Crippen molar-refractivity contribution >= 4 is 17.0 Å². The van der Waals surface area contributed by atoms with Crippen LogP contribution < -0.4 is 5.73 Å². The average Bonchev–Trinajstić information content (AvgIpc) is 2.77. The van der Waals surface area contributed by atoms with E-state index in [0.717, 1.165) is 16.9 Å². The number of rotatable bonds is 4. The SMILES string of the molecule is COC(=O)[C@@H]([NH3+])CCc1nc2ccccc2[nH]1. The number of ether oxygens (including phenoxy) is 1. The number of carbonyl (C=O) groups excluding carboxylic acids is 1. The van der Waals surface area contributed by atoms with Gasteiger partial charge in [-0.2, -0.15) is 0 Å². The first kappa shape index (κ1) is 11.6. The number of H-pyrrole nitrogens is 1. The lowest BCUT2D eigenvalue weighted by molar-refractivity contribution is -0.409. The van der Waals surface area contributed by atoms with E-state index in [2.05, 4.69) is 20.4 Å². The van der Waals surface area contributed by atoms with Gasteiger partial charge in [0.2, 0.25) is 0 Å². The largest absolute Gasteiger partial charge is 0.465 e. The molecule has 0 spiro atoms. The quantitative estimate of drug-likeness (QED) is 0.745. The Hall–Kier alpha value is -1.88. The van der Waals surface area contributed by atoms with Gasteiger partial charge in [0.1, 0.15) is 5.82 Å². The van der Waals surface area contributed by atoms with Crippen molar-refractivity contribution in [3.63, 3.8) is 0 Å². The number of nitrogens with zero attached hydrogens (tertiary/aromatic N) is 1. The highest BCUT2D eigenvalue weighted by molar-refractivity contribution is 5.75. The van der Waals surface area contributed by atoms with Gasteiger partial charge in [-0.1, -0.05) is 12.1 Å². The van der Waals surface area contributed by atoms with E-state index in [1.807, 2.05) is 24.3 Å². The van der Waals surface area contributed by atoms with Crippen molar-refractivity contribution in [2.75, 3.05) is 7.11 Å². The molecular weight excluding hydrogens is 218 g/mol. The summed E-state index contributed by atoms with van der Waals surface area (Å²) in [5.74, 6) is 0.602. The number of aryl methyl sites for hydroxylation is 1. The number of hydrogen-bond acceptors (Lipinski definition) is 3. The van der Waals surface area contributed by atoms with Crippen LogP contribution in [0.1, 0.15) is 12.2 Å². The predicted molar refractivity (Wildman–Crippen MR) is 63.1 cm³/mol. The molecule has 5 nitrogen and oxygen atoms in total. The monoisotopic (exact) mass is 234 g/mol. The van der Waals surface area contributed by atoms with Gasteiger partial charge in [0, 0.05) is 12.8 Å². The molecule has 0 aliphatic carbocycles. The molecule has 0 aliphatic heterocycles. The summed E-state index contributed by atoms with van der Waals surface area (Å²) >= 11 is 0. The van der Waals surface area contributed by atoms with Gasteiger partial charge in [0.05, 0.1) is 18.1 Å². The summed E-state index contributed by atoms with van der Waals surface area (Å²) in [6, 6.07) is 7.51. The van der Waals surface area contributed by atoms with E-state index in [1.54, 1.807) is 0 Å². The second-order valence-corrected chi connectivity index (χ2v) is 3.96. The van der Waals surface area contributed by atoms with Crippen LogP contribution in [0.15, 0.2) is 24.3 Å². The predicted octanol–water partition coefficient (Wildman–Crippen LogP) is 0.279. The molecule has 1 aromatic heterocycles. The first-order chi connectivity index (χ1) is 8.20. The van der Waals surface area contributed by atoms with E-state index < -0.39 is 0 Å². The van der Waals surface area contributed by atoms with Gasteiger partial charge < -0.3 is 15.5 Å². The zero-order valence-corrected chi connectivity index (χ0v) is 9.77. The fourth-order valence-corrected chi connectivity index (χ4v) is 1.72. The van der Waals surface area contributed by atoms with Gasteiger partial charge >= 0.3 is 5.97 Å². The molecule has 2 aromatic rings. The van der Waals surface area contributed by atoms with E-state index >= 15 is 0 Å². The number of esters is 1. The van der Waals surface area contributed by atoms with Crippen molar-refractivity contribution < 1.29 is 15.3 Å². The molecule has 0 fully saturated rings. The summed E-state index contributed by atoms with van der Waals surface area (Å²) in [6.07, 6.45) is 1.32. The van der Waals surface area contributed by atoms with Crippen LogP contribution in [-0.4, -0.2) is 29.1 Å². The Morgan fingerprint density at radius 2 is 2.29 bits per heavy atom. The fraction of sp³-hybridized carbons (Fsp3) is 0.333. The number of methoxy groups -OCH3 is 1. The second kappa shape index (κ2) is 4.97. The topological polar surface area (TPSA) is 82.6 Å². The maximum Gasteiger partial charge on any atom is 0.364 e. The Bertz CT molecular complexity index is 488. The summed E-state index contributed by atoms with van der Waals surface area (Å²) in [5.41, 5.74) is 5.72. The van der Waals surface area contributed by atoms with Crippen molar-refractivity contribution in [1.82, 2.24) is 9.97 Å². The molecule has 2 rings (SSSR count). The maximum absolute atomic E-state index is 11.2. The third-order valence-electron chi connectivity index (χ3n) is 2.70. The van der Waals surface area contributed by atoms with Crippen LogP contribution in [0.3, 0.4) is 0 Å². The number of nitrogens with one attached hydrogen (secondary N) is 1. The number of quaternary nitrogens is 1. The minimum absolute atomic E-state index is 0.277. The van der Waals surface area contributed by atoms with Gasteiger partial charge in [-0.15, -0.1) is 0 Å². The molecule has 17 heavy (non-hydrogen) atoms. The third kappa shape index (κ3) is 2.62. The highest BCUT2D eigenvalue weighted by Gasteiger charge is 2.17. The molecule has 4 N–H and O–H groups in total. The molecule has 1 heterocycles. The summed E-state index contributed by atoms with van der Waals surface area (Å²) in [6.45, 7) is 0. The molecule has 1 aromatic carbocycles. The van der Waals surface area contributed by atoms with Gasteiger partial charge in [-0.3, -0.25) is 0 Å². The van der Waals surface area contributed by atoms with E-state index in [0.29, 0.717) is 12.8 Å². The van der Waals surface area contributed by atoms with Crippen LogP contribution in [0.4, 0.5) is 0 Å². The van der Waals surface area contributed by atoms with E-state index in [-0.39, 0.29) is 12.0 Å². The Labute approximate surface area is 99.0 Å². The van der Waals surface area contributed by atoms with Crippen LogP contribution in [0.2, 0.25) is 0 Å². The highest BCUT2D eigenvalue weighted by atomic mass is 16.5. The van der Waals surface area contributed by atoms with E-state index in [9.17, 15) is 4.79 Å². The number of para-hydroxylation sites is 2. The lowest BCUT2D eigenvalue weighted by Crippen LogP contribution is -2.65. The van der Waals surface area contributed by atoms with Gasteiger partial charge in [-0.25, -0.2) is 9.78 Å². The lowest BCUT2D eigenvalue weighted by atomic mass is 10.1. The summed E-state index contributed by atoms with van der Waals surface area (Å²) in [4.78, 5) is 18.8. The van der Waals surface area contributed by atoms with Gasteiger partial charge in [0.25, 0.3) is 0 Å². The molecule has 90 valence electrons. The van der Waals surface area contributed by atoms with Crippen molar-refractivity contribution in [3.8, 4) is 0 Å². The van der Waals surface area contributed by atoms with Gasteiger partial charge in [0.15, 0.2) is 6.04 Å². The first-order valence-corrected chi connectivity index (χ1v) is 5.55. The standard InChI is InChI=1S/C12H15N3O2/c1-17-12(16)8(13)6-7-11-14-9-4-2-3-5-10(9)15-11/h2-5,8H,6-7,13H2,1H3,(H,14,15)/p+1/t8-/m0/s1. The second-order valence-electron chi connectivity index (χ2n) is 3.96. The number of hydrogen-bond donors (Lipinski definition) is 2. The molecule has 1 atom stereocenters. The Kier molecular flexibility index (Phi) is 3.39. The van der Waals surface area contributed by atoms with Crippen molar-refractivity contribution in [2.45, 2.75) is 18.9 Å². The molecule has 0 aliphatic rings. The Morgan fingerprint density at radius 1 is 1.53 bits per heavy atom. The van der Waals surface area contributed by atoms with E-state index in [1.165, 1.54) is 7.11 Å². The molecule has 0 radical (unpaired) electrons. The van der Waals surface area contributed by atoms with Crippen LogP contribution in [0, 0.1) is 0 Å². The molecule has 0 unspecified atom stereocenters. The molecular formula is C12H16N3O2+. The first-order valence-electron chi connectivity index (χ1n) is 5.55. The summed E-state index contributed by atoms with van der Waals surface area (Å²) in [7, 11) is 1.38. The number of aromatic amines is 1. The van der Waals surface area contributed by atoms with Crippen molar-refractivity contribution in [1.29, 1.82) is 0 Å². The molecule has 0 saturated heterocycles. The van der Waals surface area contributed by atoms with Crippen LogP contribution in [-0.2, 0) is 16.0 Å². The molecule has 0 bridgehead atoms. The zero-order chi connectivity index (χ0) is 12.3. The zero-order valence-electron chi connectivity index (χ0n) is 9.77. The number of carbonyl (C=O) groups is 1. The Balaban J connectivity index is 2.01. The van der Waals surface area contributed by atoms with Crippen LogP contribution in [0.25, 0.3) is 11.0 Å². The average molecular weight is 234 g/mol. The lowest BCUT2D eigenvalue weighted by Gasteiger charge is -2.03.